The van der Waals surface area contributed by atoms with Crippen LogP contribution in [0.1, 0.15) is 5.56 Å². The molecule has 0 heterocycles. The number of hydrogen-bond acceptors (Lipinski definition) is 3. The van der Waals surface area contributed by atoms with Crippen molar-refractivity contribution in [1.29, 1.82) is 0 Å². The van der Waals surface area contributed by atoms with E-state index in [1.54, 1.807) is 0 Å². The van der Waals surface area contributed by atoms with Gasteiger partial charge in [0.2, 0.25) is 0 Å². The summed E-state index contributed by atoms with van der Waals surface area (Å²) in [5, 5.41) is 2.32. The Morgan fingerprint density at radius 1 is 1.58 bits per heavy atom. The number of thiocarbonyl (C=S) groups is 1. The predicted octanol–water partition coefficient (Wildman–Crippen LogP) is 2.64. The highest BCUT2D eigenvalue weighted by Gasteiger charge is 1.98. The molecular formula is C8H7BrN2S. The van der Waals surface area contributed by atoms with Gasteiger partial charge in [-0.2, -0.15) is 4.99 Å². The number of rotatable bonds is 2. The molecule has 2 N–H and O–H groups in total. The fraction of sp³-hybridized carbons (Fsp3) is 0.125. The molecule has 0 spiro atoms. The lowest BCUT2D eigenvalue weighted by molar-refractivity contribution is 1.07. The van der Waals surface area contributed by atoms with Crippen molar-refractivity contribution in [2.75, 3.05) is 0 Å². The van der Waals surface area contributed by atoms with Crippen molar-refractivity contribution < 1.29 is 0 Å². The molecule has 0 unspecified atom stereocenters. The standard InChI is InChI=1S/C8H7BrN2S/c9-7-1-2-8(11-5-12)6(3-7)4-10/h1-3H,4,10H2. The maximum Gasteiger partial charge on any atom is 0.0785 e. The Balaban J connectivity index is 3.19. The van der Waals surface area contributed by atoms with Crippen LogP contribution in [0.15, 0.2) is 27.7 Å². The van der Waals surface area contributed by atoms with E-state index in [1.807, 2.05) is 18.2 Å². The summed E-state index contributed by atoms with van der Waals surface area (Å²) in [6, 6.07) is 5.67. The van der Waals surface area contributed by atoms with Crippen molar-refractivity contribution in [3.8, 4) is 0 Å². The van der Waals surface area contributed by atoms with Crippen molar-refractivity contribution in [3.63, 3.8) is 0 Å². The first-order chi connectivity index (χ1) is 5.77. The lowest BCUT2D eigenvalue weighted by Gasteiger charge is -2.00. The maximum atomic E-state index is 5.51. The molecule has 1 aromatic rings. The molecule has 0 aliphatic rings. The predicted molar refractivity (Wildman–Crippen MR) is 56.7 cm³/mol. The normalized spacial score (nSPS) is 9.17. The molecule has 2 nitrogen and oxygen atoms in total. The van der Waals surface area contributed by atoms with Crippen molar-refractivity contribution >= 4 is 39.0 Å². The number of benzene rings is 1. The molecule has 0 aliphatic carbocycles. The molecule has 0 aromatic heterocycles. The van der Waals surface area contributed by atoms with Crippen molar-refractivity contribution in [2.24, 2.45) is 10.7 Å². The Morgan fingerprint density at radius 2 is 2.33 bits per heavy atom. The summed E-state index contributed by atoms with van der Waals surface area (Å²) in [7, 11) is 0. The SMILES string of the molecule is NCc1cc(Br)ccc1N=C=S. The van der Waals surface area contributed by atoms with Gasteiger partial charge in [-0.15, -0.1) is 0 Å². The van der Waals surface area contributed by atoms with E-state index in [1.165, 1.54) is 0 Å². The van der Waals surface area contributed by atoms with E-state index >= 15 is 0 Å². The topological polar surface area (TPSA) is 38.4 Å². The smallest absolute Gasteiger partial charge is 0.0785 e. The fourth-order valence-corrected chi connectivity index (χ4v) is 1.38. The molecule has 0 atom stereocenters. The van der Waals surface area contributed by atoms with Crippen molar-refractivity contribution in [1.82, 2.24) is 0 Å². The largest absolute Gasteiger partial charge is 0.326 e. The monoisotopic (exact) mass is 242 g/mol. The van der Waals surface area contributed by atoms with Gasteiger partial charge in [0, 0.05) is 11.0 Å². The van der Waals surface area contributed by atoms with Crippen LogP contribution in [0.2, 0.25) is 0 Å². The number of hydrogen-bond donors (Lipinski definition) is 1. The van der Waals surface area contributed by atoms with Crippen LogP contribution in [0.3, 0.4) is 0 Å². The van der Waals surface area contributed by atoms with Crippen LogP contribution in [-0.4, -0.2) is 5.16 Å². The molecule has 4 heteroatoms. The van der Waals surface area contributed by atoms with E-state index in [9.17, 15) is 0 Å². The van der Waals surface area contributed by atoms with E-state index < -0.39 is 0 Å². The Kier molecular flexibility index (Phi) is 3.56. The van der Waals surface area contributed by atoms with Gasteiger partial charge in [0.1, 0.15) is 0 Å². The van der Waals surface area contributed by atoms with Gasteiger partial charge >= 0.3 is 0 Å². The number of nitrogens with two attached hydrogens (primary N) is 1. The zero-order chi connectivity index (χ0) is 8.97. The van der Waals surface area contributed by atoms with Gasteiger partial charge in [-0.3, -0.25) is 0 Å². The quantitative estimate of drug-likeness (QED) is 0.640. The van der Waals surface area contributed by atoms with E-state index in [2.05, 4.69) is 38.3 Å². The number of halogens is 1. The number of nitrogens with zero attached hydrogens (tertiary/aromatic N) is 1. The van der Waals surface area contributed by atoms with Gasteiger partial charge in [-0.05, 0) is 36.0 Å². The number of aliphatic imine (C=N–C) groups is 1. The minimum atomic E-state index is 0.454. The highest BCUT2D eigenvalue weighted by atomic mass is 79.9. The summed E-state index contributed by atoms with van der Waals surface area (Å²) < 4.78 is 0.992. The first-order valence-electron chi connectivity index (χ1n) is 3.34. The zero-order valence-electron chi connectivity index (χ0n) is 6.25. The third-order valence-corrected chi connectivity index (χ3v) is 2.01. The van der Waals surface area contributed by atoms with Gasteiger partial charge in [-0.25, -0.2) is 0 Å². The summed E-state index contributed by atoms with van der Waals surface area (Å²) in [6.45, 7) is 0.454. The fourth-order valence-electron chi connectivity index (χ4n) is 0.876. The van der Waals surface area contributed by atoms with Crippen LogP contribution in [-0.2, 0) is 6.54 Å². The molecule has 0 radical (unpaired) electrons. The summed E-state index contributed by atoms with van der Waals surface area (Å²) >= 11 is 7.85. The average Bonchev–Trinajstić information content (AvgIpc) is 2.08. The van der Waals surface area contributed by atoms with Gasteiger partial charge in [0.15, 0.2) is 0 Å². The van der Waals surface area contributed by atoms with Crippen LogP contribution in [0.4, 0.5) is 5.69 Å². The summed E-state index contributed by atoms with van der Waals surface area (Å²) in [6.07, 6.45) is 0. The molecule has 0 aliphatic heterocycles. The highest BCUT2D eigenvalue weighted by Crippen LogP contribution is 2.22. The van der Waals surface area contributed by atoms with Gasteiger partial charge in [0.05, 0.1) is 10.8 Å². The molecule has 62 valence electrons. The van der Waals surface area contributed by atoms with E-state index in [-0.39, 0.29) is 0 Å². The van der Waals surface area contributed by atoms with Crippen LogP contribution in [0, 0.1) is 0 Å². The second-order valence-corrected chi connectivity index (χ2v) is 3.28. The average molecular weight is 243 g/mol. The maximum absolute atomic E-state index is 5.51. The molecule has 0 fully saturated rings. The highest BCUT2D eigenvalue weighted by molar-refractivity contribution is 9.10. The second kappa shape index (κ2) is 4.48. The lowest BCUT2D eigenvalue weighted by atomic mass is 10.2. The molecule has 0 saturated carbocycles. The van der Waals surface area contributed by atoms with E-state index in [0.717, 1.165) is 15.7 Å². The molecule has 0 bridgehead atoms. The van der Waals surface area contributed by atoms with Gasteiger partial charge in [-0.1, -0.05) is 15.9 Å². The summed E-state index contributed by atoms with van der Waals surface area (Å²) in [4.78, 5) is 3.88. The van der Waals surface area contributed by atoms with E-state index in [4.69, 9.17) is 5.73 Å². The zero-order valence-corrected chi connectivity index (χ0v) is 8.65. The van der Waals surface area contributed by atoms with E-state index in [0.29, 0.717) is 6.54 Å². The Labute approximate surface area is 84.6 Å². The lowest BCUT2D eigenvalue weighted by Crippen LogP contribution is -1.96. The third kappa shape index (κ3) is 2.22. The van der Waals surface area contributed by atoms with Crippen molar-refractivity contribution in [2.45, 2.75) is 6.54 Å². The minimum absolute atomic E-state index is 0.454. The van der Waals surface area contributed by atoms with Crippen LogP contribution in [0.5, 0.6) is 0 Å². The first-order valence-corrected chi connectivity index (χ1v) is 4.54. The van der Waals surface area contributed by atoms with Gasteiger partial charge in [0.25, 0.3) is 0 Å². The summed E-state index contributed by atoms with van der Waals surface area (Å²) in [5.41, 5.74) is 7.25. The molecule has 12 heavy (non-hydrogen) atoms. The molecule has 1 aromatic carbocycles. The third-order valence-electron chi connectivity index (χ3n) is 1.43. The second-order valence-electron chi connectivity index (χ2n) is 2.18. The molecule has 0 saturated heterocycles. The minimum Gasteiger partial charge on any atom is -0.326 e. The van der Waals surface area contributed by atoms with Crippen LogP contribution < -0.4 is 5.73 Å². The Morgan fingerprint density at radius 3 is 2.92 bits per heavy atom. The van der Waals surface area contributed by atoms with Crippen molar-refractivity contribution in [3.05, 3.63) is 28.2 Å². The number of isothiocyanates is 1. The van der Waals surface area contributed by atoms with Crippen LogP contribution in [0.25, 0.3) is 0 Å². The molecule has 1 rings (SSSR count). The Hall–Kier alpha value is -0.540. The Bertz CT molecular complexity index is 332. The first kappa shape index (κ1) is 9.55. The van der Waals surface area contributed by atoms with Gasteiger partial charge < -0.3 is 5.73 Å². The molecule has 0 amide bonds. The summed E-state index contributed by atoms with van der Waals surface area (Å²) in [5.74, 6) is 0. The molecular weight excluding hydrogens is 236 g/mol. The van der Waals surface area contributed by atoms with Crippen LogP contribution >= 0.6 is 28.1 Å².